The molecule has 1 saturated carbocycles. The molecule has 0 bridgehead atoms. The molecule has 28 heavy (non-hydrogen) atoms. The molecule has 5 nitrogen and oxygen atoms in total. The molecule has 3 aliphatic rings. The lowest BCUT2D eigenvalue weighted by atomic mass is 9.84. The lowest BCUT2D eigenvalue weighted by Crippen LogP contribution is -2.53. The van der Waals surface area contributed by atoms with Gasteiger partial charge in [-0.3, -0.25) is 4.90 Å². The van der Waals surface area contributed by atoms with Crippen LogP contribution >= 0.6 is 0 Å². The number of hydrogen-bond acceptors (Lipinski definition) is 5. The first-order valence-corrected chi connectivity index (χ1v) is 10.3. The summed E-state index contributed by atoms with van der Waals surface area (Å²) in [4.78, 5) is 2.41. The van der Waals surface area contributed by atoms with E-state index in [0.29, 0.717) is 30.9 Å². The summed E-state index contributed by atoms with van der Waals surface area (Å²) in [6.45, 7) is 8.12. The minimum absolute atomic E-state index is 0.0180. The molecule has 0 amide bonds. The fraction of sp³-hybridized carbons (Fsp3) is 0.727. The number of hydrogen-bond donors (Lipinski definition) is 1. The highest BCUT2D eigenvalue weighted by Crippen LogP contribution is 2.43. The summed E-state index contributed by atoms with van der Waals surface area (Å²) < 4.78 is 30.7. The molecule has 6 heteroatoms. The summed E-state index contributed by atoms with van der Waals surface area (Å²) in [6.07, 6.45) is 0.769. The van der Waals surface area contributed by atoms with Crippen LogP contribution in [0.1, 0.15) is 50.8 Å². The van der Waals surface area contributed by atoms with Gasteiger partial charge in [0.05, 0.1) is 31.5 Å². The fourth-order valence-electron chi connectivity index (χ4n) is 4.41. The Morgan fingerprint density at radius 3 is 2.61 bits per heavy atom. The fourth-order valence-corrected chi connectivity index (χ4v) is 4.41. The molecular weight excluding hydrogens is 361 g/mol. The van der Waals surface area contributed by atoms with E-state index in [0.717, 1.165) is 19.5 Å². The molecule has 1 aliphatic carbocycles. The van der Waals surface area contributed by atoms with Gasteiger partial charge in [0.2, 0.25) is 0 Å². The Balaban J connectivity index is 1.52. The summed E-state index contributed by atoms with van der Waals surface area (Å²) in [7, 11) is 1.63. The van der Waals surface area contributed by atoms with Crippen molar-refractivity contribution < 1.29 is 23.7 Å². The zero-order chi connectivity index (χ0) is 20.1. The Kier molecular flexibility index (Phi) is 5.31. The van der Waals surface area contributed by atoms with Crippen LogP contribution in [0.3, 0.4) is 0 Å². The van der Waals surface area contributed by atoms with Crippen LogP contribution in [0.25, 0.3) is 0 Å². The maximum atomic E-state index is 13.1. The van der Waals surface area contributed by atoms with E-state index in [1.807, 2.05) is 32.9 Å². The number of aliphatic hydroxyl groups excluding tert-OH is 1. The van der Waals surface area contributed by atoms with E-state index in [9.17, 15) is 9.50 Å². The van der Waals surface area contributed by atoms with Crippen LogP contribution in [-0.2, 0) is 11.2 Å². The Morgan fingerprint density at radius 2 is 1.96 bits per heavy atom. The second-order valence-corrected chi connectivity index (χ2v) is 9.36. The Labute approximate surface area is 166 Å². The van der Waals surface area contributed by atoms with Gasteiger partial charge in [-0.25, -0.2) is 4.39 Å². The molecular formula is C22H32FNO4. The lowest BCUT2D eigenvalue weighted by Gasteiger charge is -2.46. The minimum Gasteiger partial charge on any atom is -0.493 e. The second kappa shape index (κ2) is 7.47. The van der Waals surface area contributed by atoms with Gasteiger partial charge in [0.1, 0.15) is 6.17 Å². The summed E-state index contributed by atoms with van der Waals surface area (Å²) in [5.74, 6) is 1.39. The molecule has 1 aromatic carbocycles. The van der Waals surface area contributed by atoms with Gasteiger partial charge >= 0.3 is 0 Å². The monoisotopic (exact) mass is 393 g/mol. The SMILES string of the molecule is COc1cc2c(cc1OC[C@H]1C[C@H]1F)CCN1C[C@@H](OC(C)(C)C)[C@H](O)C[C@H]21. The summed E-state index contributed by atoms with van der Waals surface area (Å²) in [5, 5.41) is 10.7. The van der Waals surface area contributed by atoms with E-state index in [4.69, 9.17) is 14.2 Å². The van der Waals surface area contributed by atoms with Gasteiger partial charge in [-0.05, 0) is 63.3 Å². The quantitative estimate of drug-likeness (QED) is 0.832. The van der Waals surface area contributed by atoms with Crippen molar-refractivity contribution in [1.82, 2.24) is 4.90 Å². The molecule has 5 atom stereocenters. The van der Waals surface area contributed by atoms with E-state index in [1.165, 1.54) is 11.1 Å². The van der Waals surface area contributed by atoms with Crippen molar-refractivity contribution in [1.29, 1.82) is 0 Å². The van der Waals surface area contributed by atoms with Crippen molar-refractivity contribution in [2.45, 2.75) is 70.1 Å². The molecule has 1 saturated heterocycles. The Bertz CT molecular complexity index is 719. The highest BCUT2D eigenvalue weighted by atomic mass is 19.1. The third kappa shape index (κ3) is 4.14. The Hall–Kier alpha value is -1.37. The Morgan fingerprint density at radius 1 is 1.21 bits per heavy atom. The van der Waals surface area contributed by atoms with Crippen LogP contribution in [0.2, 0.25) is 0 Å². The van der Waals surface area contributed by atoms with Crippen molar-refractivity contribution >= 4 is 0 Å². The smallest absolute Gasteiger partial charge is 0.161 e. The van der Waals surface area contributed by atoms with Crippen molar-refractivity contribution in [2.75, 3.05) is 26.8 Å². The van der Waals surface area contributed by atoms with Gasteiger partial charge in [0.25, 0.3) is 0 Å². The number of benzene rings is 1. The normalized spacial score (nSPS) is 32.4. The number of nitrogens with zero attached hydrogens (tertiary/aromatic N) is 1. The molecule has 0 spiro atoms. The highest BCUT2D eigenvalue weighted by Gasteiger charge is 2.41. The molecule has 1 N–H and O–H groups in total. The molecule has 2 heterocycles. The zero-order valence-corrected chi connectivity index (χ0v) is 17.3. The van der Waals surface area contributed by atoms with Gasteiger partial charge in [0, 0.05) is 25.0 Å². The zero-order valence-electron chi connectivity index (χ0n) is 17.3. The van der Waals surface area contributed by atoms with Gasteiger partial charge < -0.3 is 19.3 Å². The first kappa shape index (κ1) is 19.9. The highest BCUT2D eigenvalue weighted by molar-refractivity contribution is 5.49. The molecule has 2 fully saturated rings. The predicted molar refractivity (Wildman–Crippen MR) is 105 cm³/mol. The number of alkyl halides is 1. The molecule has 1 aromatic rings. The van der Waals surface area contributed by atoms with E-state index in [2.05, 4.69) is 4.90 Å². The molecule has 0 unspecified atom stereocenters. The molecule has 156 valence electrons. The average molecular weight is 393 g/mol. The molecule has 4 rings (SSSR count). The number of fused-ring (bicyclic) bond motifs is 3. The van der Waals surface area contributed by atoms with Crippen molar-refractivity contribution in [3.8, 4) is 11.5 Å². The van der Waals surface area contributed by atoms with Gasteiger partial charge in [-0.15, -0.1) is 0 Å². The number of rotatable bonds is 5. The molecule has 0 radical (unpaired) electrons. The number of methoxy groups -OCH3 is 1. The van der Waals surface area contributed by atoms with Gasteiger partial charge in [-0.2, -0.15) is 0 Å². The number of halogens is 1. The third-order valence-electron chi connectivity index (χ3n) is 6.00. The minimum atomic E-state index is -0.718. The first-order valence-electron chi connectivity index (χ1n) is 10.3. The first-order chi connectivity index (χ1) is 13.2. The predicted octanol–water partition coefficient (Wildman–Crippen LogP) is 3.28. The number of ether oxygens (including phenoxy) is 3. The average Bonchev–Trinajstić information content (AvgIpc) is 3.34. The van der Waals surface area contributed by atoms with Crippen LogP contribution in [0.15, 0.2) is 12.1 Å². The number of aliphatic hydroxyl groups is 1. The topological polar surface area (TPSA) is 51.2 Å². The van der Waals surface area contributed by atoms with Crippen LogP contribution in [-0.4, -0.2) is 60.8 Å². The van der Waals surface area contributed by atoms with Crippen molar-refractivity contribution in [3.63, 3.8) is 0 Å². The van der Waals surface area contributed by atoms with Crippen molar-refractivity contribution in [3.05, 3.63) is 23.3 Å². The van der Waals surface area contributed by atoms with Gasteiger partial charge in [0.15, 0.2) is 11.5 Å². The van der Waals surface area contributed by atoms with Crippen molar-refractivity contribution in [2.24, 2.45) is 5.92 Å². The molecule has 0 aromatic heterocycles. The number of piperidine rings is 1. The van der Waals surface area contributed by atoms with Crippen LogP contribution in [0.4, 0.5) is 4.39 Å². The lowest BCUT2D eigenvalue weighted by molar-refractivity contribution is -0.149. The summed E-state index contributed by atoms with van der Waals surface area (Å²) in [6, 6.07) is 4.24. The largest absolute Gasteiger partial charge is 0.493 e. The van der Waals surface area contributed by atoms with E-state index in [-0.39, 0.29) is 23.7 Å². The van der Waals surface area contributed by atoms with Gasteiger partial charge in [-0.1, -0.05) is 0 Å². The maximum absolute atomic E-state index is 13.1. The van der Waals surface area contributed by atoms with E-state index < -0.39 is 12.3 Å². The summed E-state index contributed by atoms with van der Waals surface area (Å²) >= 11 is 0. The van der Waals surface area contributed by atoms with Crippen LogP contribution in [0.5, 0.6) is 11.5 Å². The third-order valence-corrected chi connectivity index (χ3v) is 6.00. The van der Waals surface area contributed by atoms with E-state index in [1.54, 1.807) is 7.11 Å². The molecule has 2 aliphatic heterocycles. The van der Waals surface area contributed by atoms with E-state index >= 15 is 0 Å². The standard InChI is InChI=1S/C22H32FNO4/c1-22(2,3)28-21-11-24-6-5-13-8-20(27-12-14-7-16(14)23)19(26-4)9-15(13)17(24)10-18(21)25/h8-9,14,16-18,21,25H,5-7,10-12H2,1-4H3/t14-,16-,17-,18-,21-/m1/s1. The van der Waals surface area contributed by atoms with Crippen LogP contribution < -0.4 is 9.47 Å². The second-order valence-electron chi connectivity index (χ2n) is 9.36. The summed E-state index contributed by atoms with van der Waals surface area (Å²) in [5.41, 5.74) is 2.15. The maximum Gasteiger partial charge on any atom is 0.161 e. The van der Waals surface area contributed by atoms with Crippen LogP contribution in [0, 0.1) is 5.92 Å².